The summed E-state index contributed by atoms with van der Waals surface area (Å²) in [6.07, 6.45) is 6.01. The molecule has 0 amide bonds. The van der Waals surface area contributed by atoms with Crippen LogP contribution in [0.15, 0.2) is 12.4 Å². The van der Waals surface area contributed by atoms with Crippen molar-refractivity contribution in [3.63, 3.8) is 0 Å². The average Bonchev–Trinajstić information content (AvgIpc) is 2.53. The molecule has 1 heterocycles. The van der Waals surface area contributed by atoms with Gasteiger partial charge in [-0.1, -0.05) is 0 Å². The highest BCUT2D eigenvalue weighted by Gasteiger charge is 2.17. The molecule has 1 aromatic rings. The summed E-state index contributed by atoms with van der Waals surface area (Å²) in [5.41, 5.74) is 0. The first-order chi connectivity index (χ1) is 6.59. The fourth-order valence-electron chi connectivity index (χ4n) is 1.24. The van der Waals surface area contributed by atoms with Crippen molar-refractivity contribution in [2.45, 2.75) is 32.1 Å². The maximum absolute atomic E-state index is 4.27. The third-order valence-corrected chi connectivity index (χ3v) is 3.39. The molecule has 0 aromatic carbocycles. The maximum Gasteiger partial charge on any atom is 0.202 e. The average molecular weight is 213 g/mol. The number of nitrogens with zero attached hydrogens (tertiary/aromatic N) is 2. The van der Waals surface area contributed by atoms with Crippen molar-refractivity contribution in [3.05, 3.63) is 12.4 Å². The monoisotopic (exact) mass is 213 g/mol. The van der Waals surface area contributed by atoms with Crippen LogP contribution in [0.1, 0.15) is 20.8 Å². The highest BCUT2D eigenvalue weighted by atomic mass is 32.2. The van der Waals surface area contributed by atoms with Gasteiger partial charge in [0.05, 0.1) is 0 Å². The Hall–Kier alpha value is -0.640. The van der Waals surface area contributed by atoms with Crippen molar-refractivity contribution in [1.82, 2.24) is 9.55 Å². The van der Waals surface area contributed by atoms with Crippen molar-refractivity contribution in [2.24, 2.45) is 0 Å². The summed E-state index contributed by atoms with van der Waals surface area (Å²) in [5, 5.41) is 3.25. The Labute approximate surface area is 90.3 Å². The van der Waals surface area contributed by atoms with E-state index in [0.717, 1.165) is 19.0 Å². The molecule has 80 valence electrons. The van der Waals surface area contributed by atoms with E-state index in [9.17, 15) is 0 Å². The van der Waals surface area contributed by atoms with Crippen LogP contribution in [-0.4, -0.2) is 27.1 Å². The minimum Gasteiger partial charge on any atom is -0.356 e. The summed E-state index contributed by atoms with van der Waals surface area (Å²) >= 11 is 1.88. The molecular weight excluding hydrogens is 194 g/mol. The summed E-state index contributed by atoms with van der Waals surface area (Å²) in [4.78, 5) is 4.27. The molecule has 0 saturated heterocycles. The molecule has 1 aromatic heterocycles. The lowest BCUT2D eigenvalue weighted by molar-refractivity contribution is 0.572. The van der Waals surface area contributed by atoms with Gasteiger partial charge >= 0.3 is 0 Å². The molecule has 0 spiro atoms. The molecule has 1 N–H and O–H groups in total. The van der Waals surface area contributed by atoms with Gasteiger partial charge in [-0.15, -0.1) is 0 Å². The Bertz CT molecular complexity index is 281. The van der Waals surface area contributed by atoms with Crippen LogP contribution >= 0.6 is 11.8 Å². The zero-order valence-corrected chi connectivity index (χ0v) is 10.2. The summed E-state index contributed by atoms with van der Waals surface area (Å²) in [5.74, 6) is 0.967. The van der Waals surface area contributed by atoms with E-state index in [1.807, 2.05) is 24.2 Å². The van der Waals surface area contributed by atoms with Crippen LogP contribution in [-0.2, 0) is 6.54 Å². The normalized spacial score (nSPS) is 11.7. The number of thioether (sulfide) groups is 1. The molecule has 0 radical (unpaired) electrons. The molecule has 0 aliphatic rings. The fraction of sp³-hybridized carbons (Fsp3) is 0.700. The number of hydrogen-bond acceptors (Lipinski definition) is 3. The van der Waals surface area contributed by atoms with Crippen LogP contribution in [0, 0.1) is 0 Å². The van der Waals surface area contributed by atoms with Crippen LogP contribution in [0.5, 0.6) is 0 Å². The van der Waals surface area contributed by atoms with E-state index >= 15 is 0 Å². The zero-order valence-electron chi connectivity index (χ0n) is 9.37. The number of nitrogens with one attached hydrogen (secondary N) is 1. The van der Waals surface area contributed by atoms with Crippen LogP contribution < -0.4 is 5.32 Å². The van der Waals surface area contributed by atoms with Gasteiger partial charge in [0.25, 0.3) is 0 Å². The van der Waals surface area contributed by atoms with E-state index in [-0.39, 0.29) is 4.75 Å². The predicted octanol–water partition coefficient (Wildman–Crippen LogP) is 2.46. The zero-order chi connectivity index (χ0) is 10.6. The van der Waals surface area contributed by atoms with Gasteiger partial charge in [-0.3, -0.25) is 0 Å². The second-order valence-corrected chi connectivity index (χ2v) is 5.39. The van der Waals surface area contributed by atoms with Gasteiger partial charge < -0.3 is 9.88 Å². The lowest BCUT2D eigenvalue weighted by atomic mass is 10.2. The molecule has 4 heteroatoms. The van der Waals surface area contributed by atoms with E-state index in [1.165, 1.54) is 0 Å². The summed E-state index contributed by atoms with van der Waals surface area (Å²) in [6.45, 7) is 8.47. The van der Waals surface area contributed by atoms with Gasteiger partial charge in [0.15, 0.2) is 0 Å². The molecule has 14 heavy (non-hydrogen) atoms. The Balaban J connectivity index is 2.70. The van der Waals surface area contributed by atoms with Crippen LogP contribution in [0.2, 0.25) is 0 Å². The Kier molecular flexibility index (Phi) is 3.86. The number of aromatic nitrogens is 2. The van der Waals surface area contributed by atoms with E-state index in [0.29, 0.717) is 0 Å². The molecule has 1 rings (SSSR count). The lowest BCUT2D eigenvalue weighted by Gasteiger charge is -2.23. The lowest BCUT2D eigenvalue weighted by Crippen LogP contribution is -2.23. The van der Waals surface area contributed by atoms with Crippen molar-refractivity contribution >= 4 is 17.7 Å². The first kappa shape index (κ1) is 11.4. The van der Waals surface area contributed by atoms with Crippen molar-refractivity contribution < 1.29 is 0 Å². The molecule has 3 nitrogen and oxygen atoms in total. The van der Waals surface area contributed by atoms with Crippen molar-refractivity contribution in [1.29, 1.82) is 0 Å². The number of hydrogen-bond donors (Lipinski definition) is 1. The van der Waals surface area contributed by atoms with E-state index in [4.69, 9.17) is 0 Å². The first-order valence-electron chi connectivity index (χ1n) is 4.89. The van der Waals surface area contributed by atoms with Crippen molar-refractivity contribution in [2.75, 3.05) is 18.1 Å². The first-order valence-corrected chi connectivity index (χ1v) is 6.11. The van der Waals surface area contributed by atoms with E-state index in [1.54, 1.807) is 0 Å². The third kappa shape index (κ3) is 2.94. The second-order valence-electron chi connectivity index (χ2n) is 3.87. The Morgan fingerprint density at radius 3 is 2.86 bits per heavy atom. The molecule has 0 saturated carbocycles. The number of imidazole rings is 1. The van der Waals surface area contributed by atoms with E-state index < -0.39 is 0 Å². The Morgan fingerprint density at radius 1 is 1.57 bits per heavy atom. The molecule has 0 fully saturated rings. The SMILES string of the molecule is CCNc1nccn1CC(C)(C)SC. The molecule has 0 atom stereocenters. The quantitative estimate of drug-likeness (QED) is 0.815. The van der Waals surface area contributed by atoms with Crippen molar-refractivity contribution in [3.8, 4) is 0 Å². The molecule has 0 bridgehead atoms. The largest absolute Gasteiger partial charge is 0.356 e. The maximum atomic E-state index is 4.27. The highest BCUT2D eigenvalue weighted by Crippen LogP contribution is 2.24. The summed E-state index contributed by atoms with van der Waals surface area (Å²) < 4.78 is 2.42. The molecule has 0 aliphatic carbocycles. The van der Waals surface area contributed by atoms with Crippen LogP contribution in [0.25, 0.3) is 0 Å². The van der Waals surface area contributed by atoms with Gasteiger partial charge in [-0.25, -0.2) is 4.98 Å². The minimum atomic E-state index is 0.255. The van der Waals surface area contributed by atoms with Crippen LogP contribution in [0.3, 0.4) is 0 Å². The second kappa shape index (κ2) is 4.73. The molecule has 0 aliphatic heterocycles. The van der Waals surface area contributed by atoms with Gasteiger partial charge in [0.1, 0.15) is 0 Å². The summed E-state index contributed by atoms with van der Waals surface area (Å²) in [6, 6.07) is 0. The predicted molar refractivity (Wildman–Crippen MR) is 64.0 cm³/mol. The highest BCUT2D eigenvalue weighted by molar-refractivity contribution is 7.99. The molecular formula is C10H19N3S. The topological polar surface area (TPSA) is 29.9 Å². The number of rotatable bonds is 5. The van der Waals surface area contributed by atoms with E-state index in [2.05, 4.69) is 41.9 Å². The third-order valence-electron chi connectivity index (χ3n) is 2.15. The van der Waals surface area contributed by atoms with Crippen LogP contribution in [0.4, 0.5) is 5.95 Å². The smallest absolute Gasteiger partial charge is 0.202 e. The van der Waals surface area contributed by atoms with Gasteiger partial charge in [0.2, 0.25) is 5.95 Å². The minimum absolute atomic E-state index is 0.255. The van der Waals surface area contributed by atoms with Gasteiger partial charge in [-0.2, -0.15) is 11.8 Å². The molecule has 0 unspecified atom stereocenters. The number of anilines is 1. The standard InChI is InChI=1S/C10H19N3S/c1-5-11-9-12-6-7-13(9)8-10(2,3)14-4/h6-7H,5,8H2,1-4H3,(H,11,12). The fourth-order valence-corrected chi connectivity index (χ4v) is 1.51. The van der Waals surface area contributed by atoms with Gasteiger partial charge in [-0.05, 0) is 27.0 Å². The summed E-state index contributed by atoms with van der Waals surface area (Å²) in [7, 11) is 0. The van der Waals surface area contributed by atoms with Gasteiger partial charge in [0, 0.05) is 30.2 Å². The Morgan fingerprint density at radius 2 is 2.29 bits per heavy atom.